The Morgan fingerprint density at radius 1 is 1.33 bits per heavy atom. The van der Waals surface area contributed by atoms with Gasteiger partial charge in [0.25, 0.3) is 0 Å². The van der Waals surface area contributed by atoms with Crippen LogP contribution in [-0.2, 0) is 11.3 Å². The molecule has 1 aromatic carbocycles. The molecule has 18 heavy (non-hydrogen) atoms. The second kappa shape index (κ2) is 7.53. The molecule has 0 unspecified atom stereocenters. The summed E-state index contributed by atoms with van der Waals surface area (Å²) in [5, 5.41) is 3.40. The van der Waals surface area contributed by atoms with Gasteiger partial charge >= 0.3 is 0 Å². The number of ether oxygens (including phenoxy) is 1. The van der Waals surface area contributed by atoms with Gasteiger partial charge in [-0.25, -0.2) is 0 Å². The van der Waals surface area contributed by atoms with Crippen LogP contribution in [0, 0.1) is 0 Å². The fourth-order valence-corrected chi connectivity index (χ4v) is 2.98. The Balaban J connectivity index is 2.71. The van der Waals surface area contributed by atoms with Crippen molar-refractivity contribution >= 4 is 27.7 Å². The maximum Gasteiger partial charge on any atom is 0.0587 e. The fourth-order valence-electron chi connectivity index (χ4n) is 1.51. The van der Waals surface area contributed by atoms with E-state index >= 15 is 0 Å². The number of rotatable bonds is 6. The van der Waals surface area contributed by atoms with Gasteiger partial charge in [-0.15, -0.1) is 11.8 Å². The smallest absolute Gasteiger partial charge is 0.0587 e. The number of hydrogen-bond donors (Lipinski definition) is 1. The van der Waals surface area contributed by atoms with Crippen LogP contribution in [-0.4, -0.2) is 25.0 Å². The number of methoxy groups -OCH3 is 1. The monoisotopic (exact) mass is 331 g/mol. The van der Waals surface area contributed by atoms with E-state index in [0.717, 1.165) is 24.2 Å². The van der Waals surface area contributed by atoms with Crippen LogP contribution in [0.2, 0.25) is 0 Å². The first kappa shape index (κ1) is 16.0. The topological polar surface area (TPSA) is 21.3 Å². The summed E-state index contributed by atoms with van der Waals surface area (Å²) in [5.41, 5.74) is 1.33. The molecule has 0 saturated carbocycles. The highest BCUT2D eigenvalue weighted by atomic mass is 79.9. The molecule has 2 nitrogen and oxygen atoms in total. The third kappa shape index (κ3) is 6.23. The van der Waals surface area contributed by atoms with E-state index in [4.69, 9.17) is 4.74 Å². The second-order valence-corrected chi connectivity index (χ2v) is 7.92. The van der Waals surface area contributed by atoms with E-state index in [-0.39, 0.29) is 4.75 Å². The molecule has 1 rings (SSSR count). The molecule has 0 aliphatic carbocycles. The normalized spacial score (nSPS) is 11.8. The third-order valence-corrected chi connectivity index (χ3v) is 3.96. The maximum absolute atomic E-state index is 5.04. The highest BCUT2D eigenvalue weighted by Gasteiger charge is 2.14. The van der Waals surface area contributed by atoms with E-state index < -0.39 is 0 Å². The van der Waals surface area contributed by atoms with Gasteiger partial charge in [0.1, 0.15) is 0 Å². The average molecular weight is 332 g/mol. The Kier molecular flexibility index (Phi) is 6.71. The lowest BCUT2D eigenvalue weighted by molar-refractivity contribution is 0.199. The summed E-state index contributed by atoms with van der Waals surface area (Å²) in [5.74, 6) is 0. The van der Waals surface area contributed by atoms with Crippen molar-refractivity contribution in [3.63, 3.8) is 0 Å². The zero-order valence-electron chi connectivity index (χ0n) is 11.5. The molecule has 0 aromatic heterocycles. The Bertz CT molecular complexity index is 377. The number of nitrogens with one attached hydrogen (secondary N) is 1. The summed E-state index contributed by atoms with van der Waals surface area (Å²) >= 11 is 5.44. The number of thioether (sulfide) groups is 1. The first-order valence-corrected chi connectivity index (χ1v) is 7.70. The molecule has 4 heteroatoms. The molecule has 0 fully saturated rings. The summed E-state index contributed by atoms with van der Waals surface area (Å²) in [7, 11) is 1.72. The lowest BCUT2D eigenvalue weighted by Crippen LogP contribution is -2.19. The first-order chi connectivity index (χ1) is 8.42. The zero-order valence-corrected chi connectivity index (χ0v) is 14.0. The Morgan fingerprint density at radius 2 is 2.06 bits per heavy atom. The minimum Gasteiger partial charge on any atom is -0.383 e. The summed E-state index contributed by atoms with van der Waals surface area (Å²) in [6, 6.07) is 6.48. The highest BCUT2D eigenvalue weighted by molar-refractivity contribution is 9.10. The van der Waals surface area contributed by atoms with Gasteiger partial charge in [-0.05, 0) is 23.8 Å². The van der Waals surface area contributed by atoms with Gasteiger partial charge in [-0.3, -0.25) is 0 Å². The van der Waals surface area contributed by atoms with Gasteiger partial charge in [0.15, 0.2) is 0 Å². The molecule has 102 valence electrons. The Labute approximate surface area is 123 Å². The Morgan fingerprint density at radius 3 is 2.67 bits per heavy atom. The molecule has 1 aromatic rings. The minimum atomic E-state index is 0.231. The van der Waals surface area contributed by atoms with Crippen molar-refractivity contribution in [3.05, 3.63) is 28.2 Å². The Hall–Kier alpha value is -0.0300. The summed E-state index contributed by atoms with van der Waals surface area (Å²) in [4.78, 5) is 1.34. The van der Waals surface area contributed by atoms with Crippen molar-refractivity contribution in [2.75, 3.05) is 20.3 Å². The van der Waals surface area contributed by atoms with E-state index in [1.54, 1.807) is 7.11 Å². The van der Waals surface area contributed by atoms with Crippen LogP contribution in [0.15, 0.2) is 27.6 Å². The van der Waals surface area contributed by atoms with E-state index in [1.165, 1.54) is 10.5 Å². The van der Waals surface area contributed by atoms with Crippen LogP contribution in [0.3, 0.4) is 0 Å². The molecular weight excluding hydrogens is 310 g/mol. The largest absolute Gasteiger partial charge is 0.383 e. The SMILES string of the molecule is COCCNCc1cc(Br)ccc1SC(C)(C)C. The van der Waals surface area contributed by atoms with Crippen LogP contribution >= 0.6 is 27.7 Å². The van der Waals surface area contributed by atoms with Crippen molar-refractivity contribution in [1.82, 2.24) is 5.32 Å². The van der Waals surface area contributed by atoms with E-state index in [0.29, 0.717) is 0 Å². The molecule has 0 amide bonds. The fraction of sp³-hybridized carbons (Fsp3) is 0.571. The van der Waals surface area contributed by atoms with E-state index in [2.05, 4.69) is 60.2 Å². The van der Waals surface area contributed by atoms with Gasteiger partial charge in [0, 0.05) is 34.3 Å². The molecule has 1 N–H and O–H groups in total. The summed E-state index contributed by atoms with van der Waals surface area (Å²) in [6.45, 7) is 9.21. The molecule has 0 atom stereocenters. The first-order valence-electron chi connectivity index (χ1n) is 6.09. The predicted octanol–water partition coefficient (Wildman–Crippen LogP) is 4.08. The van der Waals surface area contributed by atoms with Crippen LogP contribution in [0.25, 0.3) is 0 Å². The highest BCUT2D eigenvalue weighted by Crippen LogP contribution is 2.35. The van der Waals surface area contributed by atoms with Crippen molar-refractivity contribution in [2.24, 2.45) is 0 Å². The van der Waals surface area contributed by atoms with Crippen molar-refractivity contribution in [2.45, 2.75) is 37.0 Å². The lowest BCUT2D eigenvalue weighted by Gasteiger charge is -2.20. The molecular formula is C14H22BrNOS. The molecule has 0 radical (unpaired) electrons. The molecule has 0 saturated heterocycles. The molecule has 0 bridgehead atoms. The lowest BCUT2D eigenvalue weighted by atomic mass is 10.2. The van der Waals surface area contributed by atoms with Crippen molar-refractivity contribution in [3.8, 4) is 0 Å². The van der Waals surface area contributed by atoms with Crippen molar-refractivity contribution < 1.29 is 4.74 Å². The van der Waals surface area contributed by atoms with E-state index in [1.807, 2.05) is 11.8 Å². The molecule has 0 aliphatic heterocycles. The zero-order chi connectivity index (χ0) is 13.6. The summed E-state index contributed by atoms with van der Waals surface area (Å²) < 4.78 is 6.40. The number of benzene rings is 1. The van der Waals surface area contributed by atoms with Gasteiger partial charge in [0.2, 0.25) is 0 Å². The quantitative estimate of drug-likeness (QED) is 0.627. The van der Waals surface area contributed by atoms with Crippen molar-refractivity contribution in [1.29, 1.82) is 0 Å². The number of halogens is 1. The molecule has 0 aliphatic rings. The average Bonchev–Trinajstić information content (AvgIpc) is 2.26. The van der Waals surface area contributed by atoms with Crippen LogP contribution in [0.4, 0.5) is 0 Å². The van der Waals surface area contributed by atoms with Gasteiger partial charge in [-0.2, -0.15) is 0 Å². The third-order valence-electron chi connectivity index (χ3n) is 2.24. The standard InChI is InChI=1S/C14H22BrNOS/c1-14(2,3)18-13-6-5-12(15)9-11(13)10-16-7-8-17-4/h5-6,9,16H,7-8,10H2,1-4H3. The van der Waals surface area contributed by atoms with Crippen LogP contribution in [0.5, 0.6) is 0 Å². The number of hydrogen-bond acceptors (Lipinski definition) is 3. The maximum atomic E-state index is 5.04. The van der Waals surface area contributed by atoms with Gasteiger partial charge in [0.05, 0.1) is 6.61 Å². The van der Waals surface area contributed by atoms with Crippen LogP contribution < -0.4 is 5.32 Å². The second-order valence-electron chi connectivity index (χ2n) is 5.14. The van der Waals surface area contributed by atoms with Gasteiger partial charge < -0.3 is 10.1 Å². The minimum absolute atomic E-state index is 0.231. The van der Waals surface area contributed by atoms with Gasteiger partial charge in [-0.1, -0.05) is 36.7 Å². The molecule has 0 spiro atoms. The predicted molar refractivity (Wildman–Crippen MR) is 83.3 cm³/mol. The summed E-state index contributed by atoms with van der Waals surface area (Å²) in [6.07, 6.45) is 0. The molecule has 0 heterocycles. The van der Waals surface area contributed by atoms with Crippen LogP contribution in [0.1, 0.15) is 26.3 Å². The van der Waals surface area contributed by atoms with E-state index in [9.17, 15) is 0 Å².